The van der Waals surface area contributed by atoms with Gasteiger partial charge in [-0.25, -0.2) is 9.78 Å². The first-order valence-electron chi connectivity index (χ1n) is 6.62. The second-order valence-electron chi connectivity index (χ2n) is 5.71. The molecule has 1 aliphatic heterocycles. The van der Waals surface area contributed by atoms with Gasteiger partial charge in [0, 0.05) is 31.6 Å². The normalized spacial score (nSPS) is 16.4. The topological polar surface area (TPSA) is 45.7 Å². The van der Waals surface area contributed by atoms with E-state index in [1.165, 1.54) is 0 Å². The van der Waals surface area contributed by atoms with Crippen molar-refractivity contribution in [1.29, 1.82) is 0 Å². The largest absolute Gasteiger partial charge is 0.444 e. The van der Waals surface area contributed by atoms with E-state index >= 15 is 0 Å². The molecule has 1 fully saturated rings. The van der Waals surface area contributed by atoms with Gasteiger partial charge in [0.15, 0.2) is 5.13 Å². The molecule has 1 aromatic rings. The van der Waals surface area contributed by atoms with Crippen LogP contribution in [-0.2, 0) is 10.6 Å². The Morgan fingerprint density at radius 2 is 2.05 bits per heavy atom. The highest BCUT2D eigenvalue weighted by atomic mass is 35.5. The van der Waals surface area contributed by atoms with E-state index in [4.69, 9.17) is 16.3 Å². The Morgan fingerprint density at radius 1 is 1.40 bits per heavy atom. The van der Waals surface area contributed by atoms with Crippen LogP contribution in [0.3, 0.4) is 0 Å². The van der Waals surface area contributed by atoms with Crippen LogP contribution in [0.25, 0.3) is 0 Å². The molecule has 1 amide bonds. The SMILES string of the molecule is CC(C)(C)OC(=O)N1CCN(c2nc(CCl)cs2)CC1. The summed E-state index contributed by atoms with van der Waals surface area (Å²) < 4.78 is 5.38. The minimum atomic E-state index is -0.446. The number of nitrogens with zero attached hydrogens (tertiary/aromatic N) is 3. The number of halogens is 1. The highest BCUT2D eigenvalue weighted by molar-refractivity contribution is 7.13. The van der Waals surface area contributed by atoms with Crippen molar-refractivity contribution in [3.05, 3.63) is 11.1 Å². The van der Waals surface area contributed by atoms with Crippen LogP contribution in [-0.4, -0.2) is 47.8 Å². The number of hydrogen-bond donors (Lipinski definition) is 0. The third-order valence-electron chi connectivity index (χ3n) is 2.88. The van der Waals surface area contributed by atoms with Crippen molar-refractivity contribution in [3.63, 3.8) is 0 Å². The molecule has 5 nitrogen and oxygen atoms in total. The molecule has 0 aromatic carbocycles. The van der Waals surface area contributed by atoms with Gasteiger partial charge in [0.25, 0.3) is 0 Å². The summed E-state index contributed by atoms with van der Waals surface area (Å²) in [6, 6.07) is 0. The molecule has 0 saturated carbocycles. The summed E-state index contributed by atoms with van der Waals surface area (Å²) in [5, 5.41) is 2.95. The first-order valence-corrected chi connectivity index (χ1v) is 8.04. The van der Waals surface area contributed by atoms with Crippen molar-refractivity contribution >= 4 is 34.2 Å². The van der Waals surface area contributed by atoms with Crippen molar-refractivity contribution in [2.45, 2.75) is 32.3 Å². The summed E-state index contributed by atoms with van der Waals surface area (Å²) in [6.45, 7) is 8.50. The minimum Gasteiger partial charge on any atom is -0.444 e. The molecule has 0 N–H and O–H groups in total. The number of alkyl halides is 1. The van der Waals surface area contributed by atoms with Crippen molar-refractivity contribution in [2.24, 2.45) is 0 Å². The summed E-state index contributed by atoms with van der Waals surface area (Å²) >= 11 is 7.36. The van der Waals surface area contributed by atoms with Gasteiger partial charge in [0.1, 0.15) is 5.60 Å². The molecular weight excluding hydrogens is 298 g/mol. The summed E-state index contributed by atoms with van der Waals surface area (Å²) in [7, 11) is 0. The third kappa shape index (κ3) is 3.99. The van der Waals surface area contributed by atoms with E-state index in [0.29, 0.717) is 19.0 Å². The Morgan fingerprint density at radius 3 is 2.55 bits per heavy atom. The zero-order chi connectivity index (χ0) is 14.8. The van der Waals surface area contributed by atoms with Crippen molar-refractivity contribution in [3.8, 4) is 0 Å². The quantitative estimate of drug-likeness (QED) is 0.787. The number of ether oxygens (including phenoxy) is 1. The Kier molecular flexibility index (Phi) is 4.75. The number of anilines is 1. The molecule has 2 heterocycles. The lowest BCUT2D eigenvalue weighted by Crippen LogP contribution is -2.50. The Hall–Kier alpha value is -1.01. The van der Waals surface area contributed by atoms with Crippen LogP contribution in [0.2, 0.25) is 0 Å². The highest BCUT2D eigenvalue weighted by Gasteiger charge is 2.26. The number of rotatable bonds is 2. The van der Waals surface area contributed by atoms with E-state index in [2.05, 4.69) is 9.88 Å². The summed E-state index contributed by atoms with van der Waals surface area (Å²) in [5.74, 6) is 0.439. The molecule has 1 aromatic heterocycles. The Bertz CT molecular complexity index is 464. The predicted molar refractivity (Wildman–Crippen MR) is 81.7 cm³/mol. The van der Waals surface area contributed by atoms with Gasteiger partial charge < -0.3 is 14.5 Å². The smallest absolute Gasteiger partial charge is 0.410 e. The van der Waals surface area contributed by atoms with Gasteiger partial charge in [-0.1, -0.05) is 0 Å². The van der Waals surface area contributed by atoms with Gasteiger partial charge in [-0.05, 0) is 20.8 Å². The molecule has 0 atom stereocenters. The fraction of sp³-hybridized carbons (Fsp3) is 0.692. The summed E-state index contributed by atoms with van der Waals surface area (Å²) in [5.41, 5.74) is 0.458. The van der Waals surface area contributed by atoms with Gasteiger partial charge in [-0.2, -0.15) is 0 Å². The fourth-order valence-electron chi connectivity index (χ4n) is 1.91. The van der Waals surface area contributed by atoms with Crippen molar-refractivity contribution < 1.29 is 9.53 Å². The van der Waals surface area contributed by atoms with Crippen LogP contribution in [0, 0.1) is 0 Å². The monoisotopic (exact) mass is 317 g/mol. The molecule has 2 rings (SSSR count). The van der Waals surface area contributed by atoms with Crippen LogP contribution in [0.4, 0.5) is 9.93 Å². The molecule has 7 heteroatoms. The molecule has 0 unspecified atom stereocenters. The fourth-order valence-corrected chi connectivity index (χ4v) is 3.02. The molecule has 0 radical (unpaired) electrons. The number of carbonyl (C=O) groups excluding carboxylic acids is 1. The molecule has 1 aliphatic rings. The molecule has 0 bridgehead atoms. The van der Waals surface area contributed by atoms with E-state index in [0.717, 1.165) is 23.9 Å². The van der Waals surface area contributed by atoms with Gasteiger partial charge in [-0.15, -0.1) is 22.9 Å². The number of piperazine rings is 1. The lowest BCUT2D eigenvalue weighted by molar-refractivity contribution is 0.0240. The van der Waals surface area contributed by atoms with Gasteiger partial charge >= 0.3 is 6.09 Å². The van der Waals surface area contributed by atoms with Crippen LogP contribution in [0.15, 0.2) is 5.38 Å². The maximum atomic E-state index is 12.0. The van der Waals surface area contributed by atoms with Crippen LogP contribution in [0.1, 0.15) is 26.5 Å². The number of thiazole rings is 1. The molecule has 0 spiro atoms. The van der Waals surface area contributed by atoms with E-state index in [-0.39, 0.29) is 6.09 Å². The molecular formula is C13H20ClN3O2S. The average Bonchev–Trinajstić information content (AvgIpc) is 2.85. The van der Waals surface area contributed by atoms with E-state index in [1.807, 2.05) is 26.2 Å². The maximum Gasteiger partial charge on any atom is 0.410 e. The maximum absolute atomic E-state index is 12.0. The number of aromatic nitrogens is 1. The van der Waals surface area contributed by atoms with Gasteiger partial charge in [0.05, 0.1) is 11.6 Å². The zero-order valence-electron chi connectivity index (χ0n) is 12.1. The highest BCUT2D eigenvalue weighted by Crippen LogP contribution is 2.23. The second kappa shape index (κ2) is 6.18. The third-order valence-corrected chi connectivity index (χ3v) is 4.10. The lowest BCUT2D eigenvalue weighted by Gasteiger charge is -2.35. The van der Waals surface area contributed by atoms with E-state index < -0.39 is 5.60 Å². The zero-order valence-corrected chi connectivity index (χ0v) is 13.6. The summed E-state index contributed by atoms with van der Waals surface area (Å²) in [6.07, 6.45) is -0.238. The van der Waals surface area contributed by atoms with Gasteiger partial charge in [0.2, 0.25) is 0 Å². The standard InChI is InChI=1S/C13H20ClN3O2S/c1-13(2,3)19-12(18)17-6-4-16(5-7-17)11-15-10(8-14)9-20-11/h9H,4-8H2,1-3H3. The van der Waals surface area contributed by atoms with Crippen LogP contribution < -0.4 is 4.90 Å². The van der Waals surface area contributed by atoms with E-state index in [9.17, 15) is 4.79 Å². The molecule has 112 valence electrons. The predicted octanol–water partition coefficient (Wildman–Crippen LogP) is 2.94. The number of amides is 1. The molecule has 0 aliphatic carbocycles. The second-order valence-corrected chi connectivity index (χ2v) is 6.81. The van der Waals surface area contributed by atoms with Crippen molar-refractivity contribution in [2.75, 3.05) is 31.1 Å². The van der Waals surface area contributed by atoms with Gasteiger partial charge in [-0.3, -0.25) is 0 Å². The van der Waals surface area contributed by atoms with Crippen LogP contribution >= 0.6 is 22.9 Å². The summed E-state index contributed by atoms with van der Waals surface area (Å²) in [4.78, 5) is 20.4. The van der Waals surface area contributed by atoms with Crippen LogP contribution in [0.5, 0.6) is 0 Å². The Labute approximate surface area is 128 Å². The first-order chi connectivity index (χ1) is 9.39. The van der Waals surface area contributed by atoms with E-state index in [1.54, 1.807) is 16.2 Å². The number of hydrogen-bond acceptors (Lipinski definition) is 5. The lowest BCUT2D eigenvalue weighted by atomic mass is 10.2. The molecule has 1 saturated heterocycles. The van der Waals surface area contributed by atoms with Crippen molar-refractivity contribution in [1.82, 2.24) is 9.88 Å². The number of carbonyl (C=O) groups is 1. The average molecular weight is 318 g/mol. The molecule has 20 heavy (non-hydrogen) atoms. The Balaban J connectivity index is 1.87. The first kappa shape index (κ1) is 15.4. The minimum absolute atomic E-state index is 0.238.